The van der Waals surface area contributed by atoms with Crippen LogP contribution in [0.3, 0.4) is 0 Å². The minimum atomic E-state index is -2.66. The highest BCUT2D eigenvalue weighted by molar-refractivity contribution is 7.01. The van der Waals surface area contributed by atoms with E-state index in [1.807, 2.05) is 56.3 Å². The molecule has 0 bridgehead atoms. The van der Waals surface area contributed by atoms with Crippen molar-refractivity contribution in [1.82, 2.24) is 0 Å². The fourth-order valence-corrected chi connectivity index (χ4v) is 11.3. The molecule has 6 atom stereocenters. The average molecular weight is 632 g/mol. The molecule has 3 aliphatic rings. The van der Waals surface area contributed by atoms with Crippen molar-refractivity contribution in [2.24, 2.45) is 11.8 Å². The predicted octanol–water partition coefficient (Wildman–Crippen LogP) is 5.54. The molecule has 0 amide bonds. The van der Waals surface area contributed by atoms with E-state index in [2.05, 4.69) is 39.1 Å². The van der Waals surface area contributed by atoms with Crippen molar-refractivity contribution in [2.75, 3.05) is 19.0 Å². The fraction of sp³-hybridized carbons (Fsp3) is 0.444. The summed E-state index contributed by atoms with van der Waals surface area (Å²) in [6.07, 6.45) is -0.917. The third kappa shape index (κ3) is 4.69. The quantitative estimate of drug-likeness (QED) is 0.261. The first kappa shape index (κ1) is 31.3. The Hall–Kier alpha value is -3.69. The van der Waals surface area contributed by atoms with Crippen LogP contribution in [0.25, 0.3) is 0 Å². The van der Waals surface area contributed by atoms with Crippen LogP contribution in [-0.4, -0.2) is 52.6 Å². The van der Waals surface area contributed by atoms with Gasteiger partial charge in [-0.15, -0.1) is 0 Å². The van der Waals surface area contributed by atoms with Gasteiger partial charge in [-0.2, -0.15) is 0 Å². The molecule has 9 heteroatoms. The van der Waals surface area contributed by atoms with Gasteiger partial charge in [0.1, 0.15) is 20.5 Å². The highest BCUT2D eigenvalue weighted by atomic mass is 28.3. The zero-order valence-electron chi connectivity index (χ0n) is 27.3. The summed E-state index contributed by atoms with van der Waals surface area (Å²) in [6, 6.07) is 17.4. The largest absolute Gasteiger partial charge is 0.460 e. The molecule has 238 valence electrons. The second-order valence-electron chi connectivity index (χ2n) is 13.3. The number of carbonyl (C=O) groups is 2. The van der Waals surface area contributed by atoms with E-state index >= 15 is 4.39 Å². The van der Waals surface area contributed by atoms with E-state index in [4.69, 9.17) is 18.9 Å². The van der Waals surface area contributed by atoms with Crippen LogP contribution in [0.2, 0.25) is 13.1 Å². The topological polar surface area (TPSA) is 74.3 Å². The number of anilines is 1. The first-order chi connectivity index (χ1) is 21.4. The molecular weight excluding hydrogens is 589 g/mol. The second-order valence-corrected chi connectivity index (χ2v) is 17.6. The molecule has 1 saturated heterocycles. The third-order valence-electron chi connectivity index (χ3n) is 10.2. The molecule has 1 unspecified atom stereocenters. The van der Waals surface area contributed by atoms with Crippen molar-refractivity contribution in [1.29, 1.82) is 0 Å². The van der Waals surface area contributed by atoms with Crippen LogP contribution in [0.1, 0.15) is 66.7 Å². The Morgan fingerprint density at radius 3 is 2.40 bits per heavy atom. The van der Waals surface area contributed by atoms with Crippen LogP contribution < -0.4 is 20.0 Å². The van der Waals surface area contributed by atoms with Crippen molar-refractivity contribution in [3.05, 3.63) is 82.4 Å². The standard InChI is InChI=1S/C36H42FNO6Si/c1-9-29-20(2)21(3)32(41-22(4)39)35(42-29)43-30-17-16-28-33(25(30)19-37)45(7,8)31-18-23(38(5)6)14-15-27(31)36(28)26-13-11-10-12-24(26)34(40)44-36/h10-18,20-21,29,32,35H,9,19H2,1-8H3/t20-,21+,29-,32-,35+,36?/m1/s1. The molecule has 0 aliphatic carbocycles. The summed E-state index contributed by atoms with van der Waals surface area (Å²) in [4.78, 5) is 27.6. The number of carbonyl (C=O) groups excluding carboxylic acids is 2. The number of benzene rings is 3. The third-order valence-corrected chi connectivity index (χ3v) is 13.8. The van der Waals surface area contributed by atoms with Crippen molar-refractivity contribution in [3.8, 4) is 5.75 Å². The molecule has 3 heterocycles. The van der Waals surface area contributed by atoms with Crippen LogP contribution in [0, 0.1) is 11.8 Å². The summed E-state index contributed by atoms with van der Waals surface area (Å²) >= 11 is 0. The van der Waals surface area contributed by atoms with Gasteiger partial charge in [0.2, 0.25) is 6.29 Å². The minimum Gasteiger partial charge on any atom is -0.460 e. The van der Waals surface area contributed by atoms with Gasteiger partial charge in [-0.3, -0.25) is 4.79 Å². The Bertz CT molecular complexity index is 1670. The molecule has 3 aliphatic heterocycles. The summed E-state index contributed by atoms with van der Waals surface area (Å²) < 4.78 is 40.7. The molecule has 7 nitrogen and oxygen atoms in total. The summed E-state index contributed by atoms with van der Waals surface area (Å²) in [5.74, 6) is -0.391. The Labute approximate surface area is 265 Å². The summed E-state index contributed by atoms with van der Waals surface area (Å²) in [5.41, 5.74) is 3.11. The fourth-order valence-electron chi connectivity index (χ4n) is 7.71. The van der Waals surface area contributed by atoms with E-state index in [0.29, 0.717) is 16.9 Å². The van der Waals surface area contributed by atoms with Gasteiger partial charge in [-0.05, 0) is 47.0 Å². The Balaban J connectivity index is 1.57. The normalized spacial score (nSPS) is 27.7. The minimum absolute atomic E-state index is 0.0381. The molecule has 3 aromatic carbocycles. The van der Waals surface area contributed by atoms with Gasteiger partial charge in [0, 0.05) is 54.9 Å². The molecule has 0 N–H and O–H groups in total. The molecule has 6 rings (SSSR count). The van der Waals surface area contributed by atoms with Crippen molar-refractivity contribution >= 4 is 36.1 Å². The van der Waals surface area contributed by atoms with Gasteiger partial charge in [0.15, 0.2) is 11.7 Å². The van der Waals surface area contributed by atoms with Crippen LogP contribution in [0.15, 0.2) is 54.6 Å². The Kier molecular flexibility index (Phi) is 7.84. The second kappa shape index (κ2) is 11.3. The van der Waals surface area contributed by atoms with Gasteiger partial charge >= 0.3 is 11.9 Å². The van der Waals surface area contributed by atoms with Gasteiger partial charge in [0.05, 0.1) is 11.7 Å². The number of alkyl halides is 1. The van der Waals surface area contributed by atoms with E-state index in [1.165, 1.54) is 6.92 Å². The van der Waals surface area contributed by atoms with E-state index in [-0.39, 0.29) is 17.9 Å². The van der Waals surface area contributed by atoms with E-state index < -0.39 is 44.7 Å². The van der Waals surface area contributed by atoms with Crippen molar-refractivity contribution in [3.63, 3.8) is 0 Å². The number of hydrogen-bond acceptors (Lipinski definition) is 7. The number of hydrogen-bond donors (Lipinski definition) is 0. The van der Waals surface area contributed by atoms with Gasteiger partial charge in [0.25, 0.3) is 0 Å². The lowest BCUT2D eigenvalue weighted by Gasteiger charge is -2.46. The van der Waals surface area contributed by atoms with Gasteiger partial charge < -0.3 is 23.8 Å². The summed E-state index contributed by atoms with van der Waals surface area (Å²) in [6.45, 7) is 11.2. The molecule has 0 radical (unpaired) electrons. The maximum absolute atomic E-state index is 15.6. The molecule has 1 spiro atoms. The lowest BCUT2D eigenvalue weighted by atomic mass is 9.78. The highest BCUT2D eigenvalue weighted by Gasteiger charge is 2.57. The number of rotatable bonds is 6. The summed E-state index contributed by atoms with van der Waals surface area (Å²) in [5, 5.41) is 1.90. The molecule has 0 aromatic heterocycles. The highest BCUT2D eigenvalue weighted by Crippen LogP contribution is 2.50. The van der Waals surface area contributed by atoms with E-state index in [1.54, 1.807) is 12.1 Å². The van der Waals surface area contributed by atoms with E-state index in [0.717, 1.165) is 39.2 Å². The van der Waals surface area contributed by atoms with Gasteiger partial charge in [-0.25, -0.2) is 9.18 Å². The summed E-state index contributed by atoms with van der Waals surface area (Å²) in [7, 11) is 1.31. The lowest BCUT2D eigenvalue weighted by Crippen LogP contribution is -2.64. The number of fused-ring (bicyclic) bond motifs is 6. The number of nitrogens with zero attached hydrogens (tertiary/aromatic N) is 1. The Morgan fingerprint density at radius 2 is 1.73 bits per heavy atom. The zero-order valence-corrected chi connectivity index (χ0v) is 28.3. The first-order valence-electron chi connectivity index (χ1n) is 15.7. The van der Waals surface area contributed by atoms with Crippen LogP contribution in [0.4, 0.5) is 10.1 Å². The van der Waals surface area contributed by atoms with Crippen LogP contribution >= 0.6 is 0 Å². The molecule has 1 fully saturated rings. The molecule has 3 aromatic rings. The SMILES string of the molecule is CC[C@H]1O[C@@H](Oc2ccc3c(c2CF)[Si](C)(C)c2cc(N(C)C)ccc2C32OC(=O)c3ccccc32)[C@H](OC(C)=O)[C@@H](C)[C@H]1C. The van der Waals surface area contributed by atoms with Gasteiger partial charge in [-0.1, -0.05) is 64.2 Å². The number of ether oxygens (including phenoxy) is 4. The monoisotopic (exact) mass is 631 g/mol. The lowest BCUT2D eigenvalue weighted by molar-refractivity contribution is -0.247. The number of halogens is 1. The maximum atomic E-state index is 15.6. The number of esters is 2. The van der Waals surface area contributed by atoms with Crippen molar-refractivity contribution in [2.45, 2.75) is 78.0 Å². The van der Waals surface area contributed by atoms with E-state index in [9.17, 15) is 9.59 Å². The zero-order chi connectivity index (χ0) is 32.4. The van der Waals surface area contributed by atoms with Crippen molar-refractivity contribution < 1.29 is 32.9 Å². The average Bonchev–Trinajstić information content (AvgIpc) is 3.31. The molecule has 0 saturated carbocycles. The predicted molar refractivity (Wildman–Crippen MR) is 174 cm³/mol. The Morgan fingerprint density at radius 1 is 1.02 bits per heavy atom. The maximum Gasteiger partial charge on any atom is 0.340 e. The van der Waals surface area contributed by atoms with Crippen LogP contribution in [-0.2, 0) is 31.3 Å². The first-order valence-corrected chi connectivity index (χ1v) is 18.7. The molecule has 45 heavy (non-hydrogen) atoms. The smallest absolute Gasteiger partial charge is 0.340 e. The van der Waals surface area contributed by atoms with Crippen LogP contribution in [0.5, 0.6) is 5.75 Å². The molecular formula is C36H42FNO6Si.